The number of nitrogens with zero attached hydrogens (tertiary/aromatic N) is 1. The van der Waals surface area contributed by atoms with Crippen molar-refractivity contribution >= 4 is 21.2 Å². The molecule has 36 heavy (non-hydrogen) atoms. The van der Waals surface area contributed by atoms with Crippen LogP contribution in [-0.4, -0.2) is 17.9 Å². The van der Waals surface area contributed by atoms with Gasteiger partial charge in [-0.3, -0.25) is 9.79 Å². The number of hydrogen-bond acceptors (Lipinski definition) is 2. The minimum atomic E-state index is -1.16. The van der Waals surface area contributed by atoms with Crippen LogP contribution in [0.25, 0.3) is 0 Å². The Kier molecular flexibility index (Phi) is 24.1. The van der Waals surface area contributed by atoms with Gasteiger partial charge in [-0.05, 0) is 68.9 Å². The van der Waals surface area contributed by atoms with Crippen LogP contribution in [0.2, 0.25) is 0 Å². The number of alkyl halides is 1. The van der Waals surface area contributed by atoms with Gasteiger partial charge in [0.1, 0.15) is 5.78 Å². The molecule has 0 heterocycles. The van der Waals surface area contributed by atoms with Crippen LogP contribution in [0.4, 0.5) is 4.39 Å². The molecule has 206 valence electrons. The fourth-order valence-corrected chi connectivity index (χ4v) is 3.90. The summed E-state index contributed by atoms with van der Waals surface area (Å²) in [4.78, 5) is 15.9. The van der Waals surface area contributed by atoms with Crippen molar-refractivity contribution in [1.29, 1.82) is 0 Å². The molecular formula is C32H55FNOP. The van der Waals surface area contributed by atoms with Crippen molar-refractivity contribution in [3.8, 4) is 0 Å². The minimum absolute atomic E-state index is 0.182. The Morgan fingerprint density at radius 2 is 1.72 bits per heavy atom. The lowest BCUT2D eigenvalue weighted by molar-refractivity contribution is -0.119. The summed E-state index contributed by atoms with van der Waals surface area (Å²) in [7, 11) is 2.10. The zero-order valence-electron chi connectivity index (χ0n) is 24.7. The third-order valence-corrected chi connectivity index (χ3v) is 6.15. The van der Waals surface area contributed by atoms with E-state index in [1.54, 1.807) is 19.2 Å². The van der Waals surface area contributed by atoms with Crippen molar-refractivity contribution in [3.05, 3.63) is 59.4 Å². The van der Waals surface area contributed by atoms with Gasteiger partial charge in [0, 0.05) is 19.1 Å². The van der Waals surface area contributed by atoms with Crippen molar-refractivity contribution in [1.82, 2.24) is 0 Å². The van der Waals surface area contributed by atoms with E-state index in [-0.39, 0.29) is 11.7 Å². The number of halogens is 1. The predicted molar refractivity (Wildman–Crippen MR) is 164 cm³/mol. The maximum atomic E-state index is 13.2. The van der Waals surface area contributed by atoms with Crippen LogP contribution in [-0.2, 0) is 4.79 Å². The zero-order valence-corrected chi connectivity index (χ0v) is 25.8. The van der Waals surface area contributed by atoms with Crippen LogP contribution in [0.5, 0.6) is 0 Å². The standard InChI is InChI=1S/C16H27FNOP.C13H20.C3H8/c1-5-9-13(10-14(19)7-3)12(6-2)11-18-15(8-4)16(17)20;1-4-6-7-9-12(8-5-2)13-10-11(13)3;1-3-2/h6,8,11,13,16H,5,7,9-10,20H2,1-4H3;5-9,11,13H,4,10H2,1-3H3;3H2,1-2H3/b12-6+,15-8-,18-11+;7-6+,8-5-,12-9+;. The van der Waals surface area contributed by atoms with E-state index in [1.807, 2.05) is 19.9 Å². The molecule has 0 amide bonds. The lowest BCUT2D eigenvalue weighted by Crippen LogP contribution is -2.11. The van der Waals surface area contributed by atoms with E-state index in [1.165, 1.54) is 18.4 Å². The summed E-state index contributed by atoms with van der Waals surface area (Å²) in [5.74, 6) is 1.02. The average molecular weight is 520 g/mol. The van der Waals surface area contributed by atoms with Gasteiger partial charge in [0.05, 0.1) is 5.70 Å². The van der Waals surface area contributed by atoms with Gasteiger partial charge < -0.3 is 0 Å². The highest BCUT2D eigenvalue weighted by Gasteiger charge is 2.34. The molecule has 2 nitrogen and oxygen atoms in total. The van der Waals surface area contributed by atoms with Gasteiger partial charge in [-0.15, -0.1) is 0 Å². The van der Waals surface area contributed by atoms with E-state index >= 15 is 0 Å². The maximum Gasteiger partial charge on any atom is 0.154 e. The second-order valence-corrected chi connectivity index (χ2v) is 9.86. The van der Waals surface area contributed by atoms with Gasteiger partial charge in [0.25, 0.3) is 0 Å². The van der Waals surface area contributed by atoms with E-state index < -0.39 is 5.91 Å². The van der Waals surface area contributed by atoms with Gasteiger partial charge >= 0.3 is 0 Å². The van der Waals surface area contributed by atoms with E-state index in [0.717, 1.165) is 36.7 Å². The molecule has 0 aliphatic heterocycles. The van der Waals surface area contributed by atoms with E-state index in [4.69, 9.17) is 0 Å². The second-order valence-electron chi connectivity index (χ2n) is 9.27. The van der Waals surface area contributed by atoms with E-state index in [2.05, 4.69) is 86.2 Å². The number of ketones is 1. The summed E-state index contributed by atoms with van der Waals surface area (Å²) < 4.78 is 13.2. The number of carbonyl (C=O) groups is 1. The minimum Gasteiger partial charge on any atom is -0.300 e. The van der Waals surface area contributed by atoms with Crippen molar-refractivity contribution in [3.63, 3.8) is 0 Å². The SMILES string of the molecule is CCC.C\C=C(/N=C/C(=C\C)C(CCC)CC(=O)CC)C(F)P.C\C=C/C(=C\C=C\CC)C1CC1C. The smallest absolute Gasteiger partial charge is 0.154 e. The number of rotatable bonds is 13. The van der Waals surface area contributed by atoms with E-state index in [0.29, 0.717) is 18.5 Å². The van der Waals surface area contributed by atoms with Crippen molar-refractivity contribution < 1.29 is 9.18 Å². The van der Waals surface area contributed by atoms with Crippen molar-refractivity contribution in [2.45, 2.75) is 113 Å². The molecular weight excluding hydrogens is 464 g/mol. The molecule has 1 saturated carbocycles. The van der Waals surface area contributed by atoms with Crippen LogP contribution in [0, 0.1) is 17.8 Å². The number of hydrogen-bond donors (Lipinski definition) is 0. The number of allylic oxidation sites excluding steroid dienone is 10. The van der Waals surface area contributed by atoms with Gasteiger partial charge in [0.15, 0.2) is 5.91 Å². The summed E-state index contributed by atoms with van der Waals surface area (Å²) in [5.41, 5.74) is 2.91. The molecule has 0 radical (unpaired) electrons. The number of Topliss-reactive ketones (excluding diaryl/α,β-unsaturated/α-hetero) is 1. The summed E-state index contributed by atoms with van der Waals surface area (Å²) in [6.07, 6.45) is 23.2. The first-order chi connectivity index (χ1) is 17.2. The Balaban J connectivity index is 0. The fraction of sp³-hybridized carbons (Fsp3) is 0.625. The van der Waals surface area contributed by atoms with Crippen molar-refractivity contribution in [2.75, 3.05) is 0 Å². The van der Waals surface area contributed by atoms with Crippen LogP contribution in [0.3, 0.4) is 0 Å². The molecule has 5 unspecified atom stereocenters. The molecule has 1 aliphatic rings. The van der Waals surface area contributed by atoms with Crippen LogP contribution in [0.15, 0.2) is 64.4 Å². The highest BCUT2D eigenvalue weighted by molar-refractivity contribution is 7.17. The Labute approximate surface area is 225 Å². The molecule has 0 spiro atoms. The highest BCUT2D eigenvalue weighted by atomic mass is 31.0. The fourth-order valence-electron chi connectivity index (χ4n) is 3.62. The molecule has 1 rings (SSSR count). The molecule has 0 N–H and O–H groups in total. The topological polar surface area (TPSA) is 29.4 Å². The molecule has 1 aliphatic carbocycles. The van der Waals surface area contributed by atoms with Crippen LogP contribution >= 0.6 is 9.24 Å². The summed E-state index contributed by atoms with van der Waals surface area (Å²) in [6.45, 7) is 18.5. The first kappa shape index (κ1) is 36.6. The number of aliphatic imine (C=N–C) groups is 1. The lowest BCUT2D eigenvalue weighted by Gasteiger charge is -2.16. The number of carbonyl (C=O) groups excluding carboxylic acids is 1. The van der Waals surface area contributed by atoms with Gasteiger partial charge in [-0.2, -0.15) is 0 Å². The zero-order chi connectivity index (χ0) is 27.9. The summed E-state index contributed by atoms with van der Waals surface area (Å²) in [5, 5.41) is 0. The molecule has 0 aromatic rings. The quantitative estimate of drug-likeness (QED) is 0.135. The van der Waals surface area contributed by atoms with Crippen LogP contribution in [0.1, 0.15) is 107 Å². The largest absolute Gasteiger partial charge is 0.300 e. The molecule has 4 heteroatoms. The molecule has 0 aromatic carbocycles. The first-order valence-electron chi connectivity index (χ1n) is 14.0. The monoisotopic (exact) mass is 519 g/mol. The highest BCUT2D eigenvalue weighted by Crippen LogP contribution is 2.44. The molecule has 1 fully saturated rings. The van der Waals surface area contributed by atoms with E-state index in [9.17, 15) is 9.18 Å². The molecule has 5 atom stereocenters. The Hall–Kier alpha value is -1.60. The summed E-state index contributed by atoms with van der Waals surface area (Å²) in [6, 6.07) is 0. The van der Waals surface area contributed by atoms with Gasteiger partial charge in [0.2, 0.25) is 0 Å². The summed E-state index contributed by atoms with van der Waals surface area (Å²) >= 11 is 0. The second kappa shape index (κ2) is 23.8. The molecule has 0 saturated heterocycles. The van der Waals surface area contributed by atoms with Gasteiger partial charge in [-0.25, -0.2) is 4.39 Å². The lowest BCUT2D eigenvalue weighted by atomic mass is 9.89. The van der Waals surface area contributed by atoms with Crippen molar-refractivity contribution in [2.24, 2.45) is 22.7 Å². The van der Waals surface area contributed by atoms with Crippen LogP contribution < -0.4 is 0 Å². The predicted octanol–water partition coefficient (Wildman–Crippen LogP) is 10.4. The molecule has 0 bridgehead atoms. The average Bonchev–Trinajstić information content (AvgIpc) is 3.58. The Bertz CT molecular complexity index is 758. The molecule has 0 aromatic heterocycles. The maximum absolute atomic E-state index is 13.2. The third kappa shape index (κ3) is 17.8. The van der Waals surface area contributed by atoms with Gasteiger partial charge in [-0.1, -0.05) is 106 Å². The first-order valence-corrected chi connectivity index (χ1v) is 14.6. The Morgan fingerprint density at radius 1 is 1.11 bits per heavy atom. The third-order valence-electron chi connectivity index (χ3n) is 5.81. The Morgan fingerprint density at radius 3 is 2.11 bits per heavy atom. The normalized spacial score (nSPS) is 20.1.